The molecule has 3 aromatic rings. The maximum atomic E-state index is 13.2. The van der Waals surface area contributed by atoms with Crippen molar-refractivity contribution in [3.63, 3.8) is 0 Å². The molecule has 30 heavy (non-hydrogen) atoms. The largest absolute Gasteiger partial charge is 0.472 e. The number of carbonyl (C=O) groups excluding carboxylic acids is 1. The van der Waals surface area contributed by atoms with E-state index in [0.29, 0.717) is 11.6 Å². The van der Waals surface area contributed by atoms with Crippen molar-refractivity contribution < 1.29 is 9.53 Å². The zero-order valence-corrected chi connectivity index (χ0v) is 18.2. The number of aromatic nitrogens is 2. The molecule has 2 heterocycles. The predicted octanol–water partition coefficient (Wildman–Crippen LogP) is 4.67. The van der Waals surface area contributed by atoms with Gasteiger partial charge in [0.05, 0.1) is 6.54 Å². The van der Waals surface area contributed by atoms with Crippen LogP contribution in [0, 0.1) is 0 Å². The summed E-state index contributed by atoms with van der Waals surface area (Å²) in [5, 5.41) is 0.709. The number of anilines is 2. The fourth-order valence-electron chi connectivity index (χ4n) is 3.47. The van der Waals surface area contributed by atoms with Gasteiger partial charge < -0.3 is 15.4 Å². The number of thioether (sulfide) groups is 1. The third-order valence-corrected chi connectivity index (χ3v) is 5.82. The molecule has 1 aliphatic heterocycles. The van der Waals surface area contributed by atoms with Gasteiger partial charge in [0.1, 0.15) is 23.8 Å². The number of rotatable bonds is 4. The van der Waals surface area contributed by atoms with E-state index in [1.807, 2.05) is 43.3 Å². The van der Waals surface area contributed by atoms with Crippen molar-refractivity contribution in [2.24, 2.45) is 0 Å². The number of nitrogens with two attached hydrogens (primary N) is 1. The summed E-state index contributed by atoms with van der Waals surface area (Å²) in [6, 6.07) is 13.8. The summed E-state index contributed by atoms with van der Waals surface area (Å²) in [5.41, 5.74) is 10.0. The Morgan fingerprint density at radius 1 is 1.23 bits per heavy atom. The van der Waals surface area contributed by atoms with Gasteiger partial charge in [0.25, 0.3) is 5.91 Å². The lowest BCUT2D eigenvalue weighted by Crippen LogP contribution is -2.36. The van der Waals surface area contributed by atoms with Crippen LogP contribution >= 0.6 is 23.4 Å². The fraction of sp³-hybridized carbons (Fsp3) is 0.227. The molecule has 1 amide bonds. The Morgan fingerprint density at radius 2 is 2.00 bits per heavy atom. The Kier molecular flexibility index (Phi) is 5.83. The van der Waals surface area contributed by atoms with E-state index in [2.05, 4.69) is 22.3 Å². The summed E-state index contributed by atoms with van der Waals surface area (Å²) in [6.45, 7) is 2.26. The number of hydrogen-bond acceptors (Lipinski definition) is 6. The molecule has 0 spiro atoms. The average molecular weight is 441 g/mol. The highest BCUT2D eigenvalue weighted by Crippen LogP contribution is 2.33. The standard InChI is InChI=1S/C22H21ClN4O2S/c1-13-10-27(22(28)19-20(24)25-12-26-21(19)29-13)16-6-4-15(5-7-16)17-8-3-14(11-30-2)9-18(17)23/h3-9,12-13H,10-11H2,1-2H3,(H2,24,25,26)/t13-/m1/s1. The lowest BCUT2D eigenvalue weighted by Gasteiger charge is -2.22. The van der Waals surface area contributed by atoms with Crippen molar-refractivity contribution in [2.45, 2.75) is 18.8 Å². The second-order valence-corrected chi connectivity index (χ2v) is 8.35. The molecule has 1 atom stereocenters. The van der Waals surface area contributed by atoms with Gasteiger partial charge in [-0.3, -0.25) is 4.79 Å². The van der Waals surface area contributed by atoms with E-state index in [0.717, 1.165) is 22.6 Å². The Labute approximate surface area is 184 Å². The van der Waals surface area contributed by atoms with E-state index in [4.69, 9.17) is 22.1 Å². The highest BCUT2D eigenvalue weighted by atomic mass is 35.5. The molecule has 1 aliphatic rings. The van der Waals surface area contributed by atoms with Crippen molar-refractivity contribution in [3.05, 3.63) is 64.9 Å². The Hall–Kier alpha value is -2.77. The molecule has 0 radical (unpaired) electrons. The molecular formula is C22H21ClN4O2S. The van der Waals surface area contributed by atoms with Crippen LogP contribution in [0.5, 0.6) is 5.88 Å². The van der Waals surface area contributed by atoms with E-state index in [-0.39, 0.29) is 29.3 Å². The molecule has 0 bridgehead atoms. The van der Waals surface area contributed by atoms with Crippen LogP contribution in [0.25, 0.3) is 11.1 Å². The molecular weight excluding hydrogens is 420 g/mol. The highest BCUT2D eigenvalue weighted by Gasteiger charge is 2.31. The van der Waals surface area contributed by atoms with Crippen LogP contribution in [-0.2, 0) is 5.75 Å². The molecule has 154 valence electrons. The molecule has 8 heteroatoms. The summed E-state index contributed by atoms with van der Waals surface area (Å²) in [5.74, 6) is 0.971. The van der Waals surface area contributed by atoms with E-state index < -0.39 is 0 Å². The van der Waals surface area contributed by atoms with Gasteiger partial charge in [0.15, 0.2) is 0 Å². The summed E-state index contributed by atoms with van der Waals surface area (Å²) in [6.07, 6.45) is 3.12. The summed E-state index contributed by atoms with van der Waals surface area (Å²) >= 11 is 8.26. The lowest BCUT2D eigenvalue weighted by molar-refractivity contribution is 0.0988. The molecule has 0 fully saturated rings. The summed E-state index contributed by atoms with van der Waals surface area (Å²) in [4.78, 5) is 22.8. The van der Waals surface area contributed by atoms with Gasteiger partial charge in [-0.15, -0.1) is 0 Å². The van der Waals surface area contributed by atoms with Crippen molar-refractivity contribution in [1.29, 1.82) is 0 Å². The minimum atomic E-state index is -0.278. The van der Waals surface area contributed by atoms with Gasteiger partial charge in [0.2, 0.25) is 5.88 Å². The molecule has 0 saturated heterocycles. The van der Waals surface area contributed by atoms with Crippen LogP contribution in [-0.4, -0.2) is 34.8 Å². The lowest BCUT2D eigenvalue weighted by atomic mass is 10.0. The number of ether oxygens (including phenoxy) is 1. The van der Waals surface area contributed by atoms with E-state index in [1.165, 1.54) is 11.9 Å². The van der Waals surface area contributed by atoms with Crippen LogP contribution in [0.2, 0.25) is 5.02 Å². The zero-order valence-electron chi connectivity index (χ0n) is 16.6. The van der Waals surface area contributed by atoms with E-state index in [9.17, 15) is 4.79 Å². The van der Waals surface area contributed by atoms with Crippen LogP contribution in [0.1, 0.15) is 22.8 Å². The number of carbonyl (C=O) groups is 1. The molecule has 1 aromatic heterocycles. The zero-order chi connectivity index (χ0) is 21.3. The monoisotopic (exact) mass is 440 g/mol. The Morgan fingerprint density at radius 3 is 2.70 bits per heavy atom. The first kappa shape index (κ1) is 20.5. The van der Waals surface area contributed by atoms with Gasteiger partial charge in [0, 0.05) is 22.0 Å². The van der Waals surface area contributed by atoms with Crippen molar-refractivity contribution >= 4 is 40.8 Å². The number of hydrogen-bond donors (Lipinski definition) is 1. The minimum absolute atomic E-state index is 0.109. The second-order valence-electron chi connectivity index (χ2n) is 7.08. The van der Waals surface area contributed by atoms with Gasteiger partial charge in [-0.25, -0.2) is 9.97 Å². The number of nitrogens with zero attached hydrogens (tertiary/aromatic N) is 3. The maximum absolute atomic E-state index is 13.2. The smallest absolute Gasteiger partial charge is 0.267 e. The van der Waals surface area contributed by atoms with Crippen LogP contribution < -0.4 is 15.4 Å². The third-order valence-electron chi connectivity index (χ3n) is 4.89. The van der Waals surface area contributed by atoms with Crippen LogP contribution in [0.3, 0.4) is 0 Å². The molecule has 4 rings (SSSR count). The second kappa shape index (κ2) is 8.53. The topological polar surface area (TPSA) is 81.3 Å². The van der Waals surface area contributed by atoms with Gasteiger partial charge in [-0.05, 0) is 42.5 Å². The third kappa shape index (κ3) is 3.95. The first-order valence-electron chi connectivity index (χ1n) is 9.44. The van der Waals surface area contributed by atoms with Gasteiger partial charge in [-0.2, -0.15) is 11.8 Å². The van der Waals surface area contributed by atoms with Crippen molar-refractivity contribution in [3.8, 4) is 17.0 Å². The quantitative estimate of drug-likeness (QED) is 0.634. The molecule has 6 nitrogen and oxygen atoms in total. The number of benzene rings is 2. The number of amides is 1. The maximum Gasteiger partial charge on any atom is 0.267 e. The highest BCUT2D eigenvalue weighted by molar-refractivity contribution is 7.97. The summed E-state index contributed by atoms with van der Waals surface area (Å²) in [7, 11) is 0. The number of halogens is 1. The summed E-state index contributed by atoms with van der Waals surface area (Å²) < 4.78 is 5.79. The molecule has 0 saturated carbocycles. The first-order chi connectivity index (χ1) is 14.5. The molecule has 2 aromatic carbocycles. The molecule has 0 aliphatic carbocycles. The number of nitrogen functional groups attached to an aromatic ring is 1. The van der Waals surface area contributed by atoms with Gasteiger partial charge in [-0.1, -0.05) is 35.9 Å². The Bertz CT molecular complexity index is 1090. The van der Waals surface area contributed by atoms with Crippen molar-refractivity contribution in [1.82, 2.24) is 9.97 Å². The average Bonchev–Trinajstić information content (AvgIpc) is 2.85. The van der Waals surface area contributed by atoms with Gasteiger partial charge >= 0.3 is 0 Å². The van der Waals surface area contributed by atoms with E-state index in [1.54, 1.807) is 16.7 Å². The predicted molar refractivity (Wildman–Crippen MR) is 122 cm³/mol. The number of fused-ring (bicyclic) bond motifs is 1. The normalized spacial score (nSPS) is 16.0. The van der Waals surface area contributed by atoms with Crippen molar-refractivity contribution in [2.75, 3.05) is 23.4 Å². The van der Waals surface area contributed by atoms with Crippen LogP contribution in [0.15, 0.2) is 48.8 Å². The first-order valence-corrected chi connectivity index (χ1v) is 11.2. The SMILES string of the molecule is CSCc1ccc(-c2ccc(N3C[C@@H](C)Oc4ncnc(N)c4C3=O)cc2)c(Cl)c1. The van der Waals surface area contributed by atoms with Crippen LogP contribution in [0.4, 0.5) is 11.5 Å². The molecule has 2 N–H and O–H groups in total. The molecule has 0 unspecified atom stereocenters. The Balaban J connectivity index is 1.65. The fourth-order valence-corrected chi connectivity index (χ4v) is 4.29. The van der Waals surface area contributed by atoms with E-state index >= 15 is 0 Å². The minimum Gasteiger partial charge on any atom is -0.472 e.